The van der Waals surface area contributed by atoms with Crippen LogP contribution in [0.2, 0.25) is 0 Å². The van der Waals surface area contributed by atoms with Gasteiger partial charge in [0.05, 0.1) is 6.54 Å². The quantitative estimate of drug-likeness (QED) is 0.897. The van der Waals surface area contributed by atoms with E-state index in [0.29, 0.717) is 12.6 Å². The monoisotopic (exact) mass is 244 g/mol. The van der Waals surface area contributed by atoms with Crippen LogP contribution in [0.3, 0.4) is 0 Å². The molecule has 1 heterocycles. The molecule has 0 aliphatic rings. The molecule has 0 saturated heterocycles. The van der Waals surface area contributed by atoms with Crippen molar-refractivity contribution in [2.24, 2.45) is 5.73 Å². The number of hydrogen-bond donors (Lipinski definition) is 1. The molecule has 2 rings (SSSR count). The predicted molar refractivity (Wildman–Crippen MR) is 72.3 cm³/mol. The highest BCUT2D eigenvalue weighted by Crippen LogP contribution is 2.15. The van der Waals surface area contributed by atoms with Gasteiger partial charge in [0.25, 0.3) is 0 Å². The summed E-state index contributed by atoms with van der Waals surface area (Å²) >= 11 is 0. The van der Waals surface area contributed by atoms with Gasteiger partial charge in [0.15, 0.2) is 0 Å². The lowest BCUT2D eigenvalue weighted by Crippen LogP contribution is -2.13. The molecular formula is C14H20N4. The largest absolute Gasteiger partial charge is 0.324 e. The molecule has 0 atom stereocenters. The van der Waals surface area contributed by atoms with E-state index in [2.05, 4.69) is 59.8 Å². The summed E-state index contributed by atoms with van der Waals surface area (Å²) in [4.78, 5) is 0. The van der Waals surface area contributed by atoms with Crippen LogP contribution in [0.4, 0.5) is 0 Å². The van der Waals surface area contributed by atoms with Crippen LogP contribution < -0.4 is 5.73 Å². The van der Waals surface area contributed by atoms with Crippen LogP contribution in [0, 0.1) is 6.92 Å². The van der Waals surface area contributed by atoms with Gasteiger partial charge in [-0.15, -0.1) is 10.2 Å². The van der Waals surface area contributed by atoms with E-state index in [1.54, 1.807) is 0 Å². The van der Waals surface area contributed by atoms with E-state index in [0.717, 1.165) is 18.1 Å². The van der Waals surface area contributed by atoms with E-state index in [9.17, 15) is 0 Å². The Morgan fingerprint density at radius 2 is 1.72 bits per heavy atom. The fourth-order valence-electron chi connectivity index (χ4n) is 2.11. The first-order chi connectivity index (χ1) is 8.61. The molecule has 1 aromatic heterocycles. The lowest BCUT2D eigenvalue weighted by molar-refractivity contribution is 0.548. The number of rotatable bonds is 4. The molecule has 1 aromatic carbocycles. The van der Waals surface area contributed by atoms with Crippen molar-refractivity contribution in [3.8, 4) is 0 Å². The van der Waals surface area contributed by atoms with Crippen molar-refractivity contribution >= 4 is 0 Å². The van der Waals surface area contributed by atoms with E-state index < -0.39 is 0 Å². The van der Waals surface area contributed by atoms with Gasteiger partial charge in [0.2, 0.25) is 0 Å². The van der Waals surface area contributed by atoms with Gasteiger partial charge in [-0.3, -0.25) is 0 Å². The Labute approximate surface area is 108 Å². The highest BCUT2D eigenvalue weighted by Gasteiger charge is 2.13. The molecule has 0 unspecified atom stereocenters. The fraction of sp³-hybridized carbons (Fsp3) is 0.429. The summed E-state index contributed by atoms with van der Waals surface area (Å²) in [6.07, 6.45) is 0.797. The molecule has 0 aliphatic heterocycles. The van der Waals surface area contributed by atoms with Crippen molar-refractivity contribution in [3.63, 3.8) is 0 Å². The van der Waals surface area contributed by atoms with Crippen LogP contribution in [0.5, 0.6) is 0 Å². The van der Waals surface area contributed by atoms with Crippen LogP contribution in [-0.4, -0.2) is 14.8 Å². The van der Waals surface area contributed by atoms with Gasteiger partial charge in [-0.25, -0.2) is 0 Å². The molecule has 4 heteroatoms. The second-order valence-corrected chi connectivity index (χ2v) is 4.86. The van der Waals surface area contributed by atoms with Crippen LogP contribution in [0.15, 0.2) is 24.3 Å². The third-order valence-electron chi connectivity index (χ3n) is 3.02. The maximum atomic E-state index is 5.69. The minimum Gasteiger partial charge on any atom is -0.324 e. The normalized spacial score (nSPS) is 11.2. The van der Waals surface area contributed by atoms with Crippen LogP contribution in [0.1, 0.15) is 42.7 Å². The van der Waals surface area contributed by atoms with E-state index in [-0.39, 0.29) is 0 Å². The SMILES string of the molecule is Cc1ccc(Cc2nnc(CN)n2C(C)C)cc1. The number of benzene rings is 1. The summed E-state index contributed by atoms with van der Waals surface area (Å²) in [5.74, 6) is 1.83. The zero-order chi connectivity index (χ0) is 13.1. The van der Waals surface area contributed by atoms with Crippen molar-refractivity contribution in [3.05, 3.63) is 47.0 Å². The van der Waals surface area contributed by atoms with Crippen molar-refractivity contribution in [2.45, 2.75) is 39.8 Å². The molecular weight excluding hydrogens is 224 g/mol. The zero-order valence-electron chi connectivity index (χ0n) is 11.2. The minimum absolute atomic E-state index is 0.332. The molecule has 0 amide bonds. The molecule has 0 bridgehead atoms. The van der Waals surface area contributed by atoms with Gasteiger partial charge >= 0.3 is 0 Å². The molecule has 0 spiro atoms. The Morgan fingerprint density at radius 3 is 2.28 bits per heavy atom. The molecule has 4 nitrogen and oxygen atoms in total. The van der Waals surface area contributed by atoms with E-state index >= 15 is 0 Å². The van der Waals surface area contributed by atoms with Gasteiger partial charge in [-0.05, 0) is 26.3 Å². The molecule has 2 N–H and O–H groups in total. The standard InChI is InChI=1S/C14H20N4/c1-10(2)18-13(16-17-14(18)9-15)8-12-6-4-11(3)5-7-12/h4-7,10H,8-9,15H2,1-3H3. The van der Waals surface area contributed by atoms with E-state index in [4.69, 9.17) is 5.73 Å². The Bertz CT molecular complexity index is 511. The molecule has 0 fully saturated rings. The van der Waals surface area contributed by atoms with E-state index in [1.165, 1.54) is 11.1 Å². The second-order valence-electron chi connectivity index (χ2n) is 4.86. The summed E-state index contributed by atoms with van der Waals surface area (Å²) < 4.78 is 2.12. The number of nitrogens with two attached hydrogens (primary N) is 1. The van der Waals surface area contributed by atoms with Gasteiger partial charge in [-0.1, -0.05) is 29.8 Å². The third-order valence-corrected chi connectivity index (χ3v) is 3.02. The topological polar surface area (TPSA) is 56.7 Å². The summed E-state index contributed by atoms with van der Waals surface area (Å²) in [7, 11) is 0. The Morgan fingerprint density at radius 1 is 1.11 bits per heavy atom. The first-order valence-electron chi connectivity index (χ1n) is 6.30. The molecule has 2 aromatic rings. The summed E-state index contributed by atoms with van der Waals surface area (Å²) in [5, 5.41) is 8.42. The lowest BCUT2D eigenvalue weighted by Gasteiger charge is -2.13. The Kier molecular flexibility index (Phi) is 3.77. The summed E-state index contributed by atoms with van der Waals surface area (Å²) in [5.41, 5.74) is 8.21. The minimum atomic E-state index is 0.332. The molecule has 0 aliphatic carbocycles. The summed E-state index contributed by atoms with van der Waals surface area (Å²) in [6.45, 7) is 6.77. The maximum Gasteiger partial charge on any atom is 0.147 e. The number of nitrogens with zero attached hydrogens (tertiary/aromatic N) is 3. The number of aryl methyl sites for hydroxylation is 1. The highest BCUT2D eigenvalue weighted by atomic mass is 15.3. The average Bonchev–Trinajstić information content (AvgIpc) is 2.75. The predicted octanol–water partition coefficient (Wildman–Crippen LogP) is 2.22. The van der Waals surface area contributed by atoms with Gasteiger partial charge in [0.1, 0.15) is 11.6 Å². The molecule has 18 heavy (non-hydrogen) atoms. The highest BCUT2D eigenvalue weighted by molar-refractivity contribution is 5.24. The van der Waals surface area contributed by atoms with Crippen molar-refractivity contribution < 1.29 is 0 Å². The average molecular weight is 244 g/mol. The van der Waals surface area contributed by atoms with Crippen molar-refractivity contribution in [1.29, 1.82) is 0 Å². The van der Waals surface area contributed by atoms with Gasteiger partial charge in [0, 0.05) is 12.5 Å². The second kappa shape index (κ2) is 5.31. The Balaban J connectivity index is 2.28. The summed E-state index contributed by atoms with van der Waals surface area (Å²) in [6, 6.07) is 8.84. The Hall–Kier alpha value is -1.68. The van der Waals surface area contributed by atoms with Crippen LogP contribution in [-0.2, 0) is 13.0 Å². The van der Waals surface area contributed by atoms with Gasteiger partial charge < -0.3 is 10.3 Å². The first kappa shape index (κ1) is 12.8. The van der Waals surface area contributed by atoms with Crippen molar-refractivity contribution in [2.75, 3.05) is 0 Å². The molecule has 0 saturated carbocycles. The third kappa shape index (κ3) is 2.59. The number of hydrogen-bond acceptors (Lipinski definition) is 3. The van der Waals surface area contributed by atoms with Gasteiger partial charge in [-0.2, -0.15) is 0 Å². The smallest absolute Gasteiger partial charge is 0.147 e. The lowest BCUT2D eigenvalue weighted by atomic mass is 10.1. The van der Waals surface area contributed by atoms with Crippen molar-refractivity contribution in [1.82, 2.24) is 14.8 Å². The van der Waals surface area contributed by atoms with E-state index in [1.807, 2.05) is 0 Å². The van der Waals surface area contributed by atoms with Crippen LogP contribution in [0.25, 0.3) is 0 Å². The maximum absolute atomic E-state index is 5.69. The first-order valence-corrected chi connectivity index (χ1v) is 6.30. The molecule has 0 radical (unpaired) electrons. The molecule has 96 valence electrons. The van der Waals surface area contributed by atoms with Crippen LogP contribution >= 0.6 is 0 Å². The zero-order valence-corrected chi connectivity index (χ0v) is 11.2. The number of aromatic nitrogens is 3. The fourth-order valence-corrected chi connectivity index (χ4v) is 2.11.